The second-order valence-electron chi connectivity index (χ2n) is 6.57. The molecule has 0 aliphatic carbocycles. The van der Waals surface area contributed by atoms with Gasteiger partial charge in [-0.05, 0) is 69.6 Å². The van der Waals surface area contributed by atoms with Crippen LogP contribution in [-0.4, -0.2) is 47.4 Å². The van der Waals surface area contributed by atoms with Gasteiger partial charge < -0.3 is 15.0 Å². The van der Waals surface area contributed by atoms with Gasteiger partial charge in [-0.1, -0.05) is 0 Å². The standard InChI is InChI=1S/C19H23FN4O2/c1-12-13(2)18(23-22-17(12)14-4-6-15(20)7-5-14)26-19(25)24(3)16-8-10-21-11-9-16/h4-7,16,21H,8-11H2,1-3H3. The van der Waals surface area contributed by atoms with E-state index in [1.165, 1.54) is 12.1 Å². The maximum Gasteiger partial charge on any atom is 0.416 e. The third-order valence-corrected chi connectivity index (χ3v) is 4.93. The highest BCUT2D eigenvalue weighted by Gasteiger charge is 2.24. The molecular weight excluding hydrogens is 335 g/mol. The zero-order valence-corrected chi connectivity index (χ0v) is 15.3. The molecule has 1 aliphatic heterocycles. The molecule has 1 aromatic carbocycles. The Morgan fingerprint density at radius 2 is 1.81 bits per heavy atom. The first-order valence-electron chi connectivity index (χ1n) is 8.72. The molecule has 6 nitrogen and oxygen atoms in total. The highest BCUT2D eigenvalue weighted by Crippen LogP contribution is 2.27. The molecule has 1 saturated heterocycles. The Morgan fingerprint density at radius 1 is 1.15 bits per heavy atom. The number of hydrogen-bond donors (Lipinski definition) is 1. The van der Waals surface area contributed by atoms with Gasteiger partial charge in [0.05, 0.1) is 5.69 Å². The molecule has 2 aromatic rings. The molecule has 0 unspecified atom stereocenters. The van der Waals surface area contributed by atoms with Crippen LogP contribution in [0.1, 0.15) is 24.0 Å². The normalized spacial score (nSPS) is 14.9. The van der Waals surface area contributed by atoms with Crippen molar-refractivity contribution < 1.29 is 13.9 Å². The number of aromatic nitrogens is 2. The van der Waals surface area contributed by atoms with Crippen LogP contribution in [0.3, 0.4) is 0 Å². The van der Waals surface area contributed by atoms with Crippen LogP contribution in [-0.2, 0) is 0 Å². The van der Waals surface area contributed by atoms with Crippen molar-refractivity contribution in [3.8, 4) is 17.1 Å². The minimum absolute atomic E-state index is 0.164. The second kappa shape index (κ2) is 7.78. The van der Waals surface area contributed by atoms with Crippen molar-refractivity contribution in [2.24, 2.45) is 0 Å². The number of rotatable bonds is 3. The minimum Gasteiger partial charge on any atom is -0.389 e. The molecule has 138 valence electrons. The first-order valence-corrected chi connectivity index (χ1v) is 8.72. The molecule has 7 heteroatoms. The van der Waals surface area contributed by atoms with E-state index < -0.39 is 6.09 Å². The number of hydrogen-bond acceptors (Lipinski definition) is 5. The molecule has 0 radical (unpaired) electrons. The number of benzene rings is 1. The van der Waals surface area contributed by atoms with Crippen LogP contribution < -0.4 is 10.1 Å². The van der Waals surface area contributed by atoms with E-state index in [0.29, 0.717) is 5.69 Å². The van der Waals surface area contributed by atoms with Crippen LogP contribution in [0.15, 0.2) is 24.3 Å². The third-order valence-electron chi connectivity index (χ3n) is 4.93. The summed E-state index contributed by atoms with van der Waals surface area (Å²) in [6, 6.07) is 6.24. The molecule has 1 aromatic heterocycles. The number of amides is 1. The number of piperidine rings is 1. The van der Waals surface area contributed by atoms with Crippen LogP contribution in [0.5, 0.6) is 5.88 Å². The average Bonchev–Trinajstić information content (AvgIpc) is 2.66. The lowest BCUT2D eigenvalue weighted by Crippen LogP contribution is -2.45. The zero-order chi connectivity index (χ0) is 18.7. The molecule has 3 rings (SSSR count). The van der Waals surface area contributed by atoms with Crippen molar-refractivity contribution in [1.29, 1.82) is 0 Å². The number of nitrogens with one attached hydrogen (secondary N) is 1. The maximum atomic E-state index is 13.1. The maximum absolute atomic E-state index is 13.1. The number of carbonyl (C=O) groups excluding carboxylic acids is 1. The van der Waals surface area contributed by atoms with Gasteiger partial charge in [0.1, 0.15) is 5.82 Å². The predicted molar refractivity (Wildman–Crippen MR) is 96.6 cm³/mol. The predicted octanol–water partition coefficient (Wildman–Crippen LogP) is 3.08. The quantitative estimate of drug-likeness (QED) is 0.913. The Balaban J connectivity index is 1.77. The van der Waals surface area contributed by atoms with Crippen molar-refractivity contribution in [3.63, 3.8) is 0 Å². The summed E-state index contributed by atoms with van der Waals surface area (Å²) < 4.78 is 18.6. The summed E-state index contributed by atoms with van der Waals surface area (Å²) in [5.41, 5.74) is 3.00. The van der Waals surface area contributed by atoms with Gasteiger partial charge in [-0.15, -0.1) is 10.2 Å². The van der Waals surface area contributed by atoms with E-state index in [1.54, 1.807) is 24.1 Å². The van der Waals surface area contributed by atoms with E-state index in [9.17, 15) is 9.18 Å². The molecular formula is C19H23FN4O2. The molecule has 0 spiro atoms. The average molecular weight is 358 g/mol. The Kier molecular flexibility index (Phi) is 5.46. The SMILES string of the molecule is Cc1c(OC(=O)N(C)C2CCNCC2)nnc(-c2ccc(F)cc2)c1C. The highest BCUT2D eigenvalue weighted by atomic mass is 19.1. The van der Waals surface area contributed by atoms with E-state index in [-0.39, 0.29) is 17.7 Å². The highest BCUT2D eigenvalue weighted by molar-refractivity contribution is 5.71. The Hall–Kier alpha value is -2.54. The second-order valence-corrected chi connectivity index (χ2v) is 6.57. The first-order chi connectivity index (χ1) is 12.5. The van der Waals surface area contributed by atoms with Crippen LogP contribution in [0.25, 0.3) is 11.3 Å². The Labute approximate surface area is 152 Å². The molecule has 0 saturated carbocycles. The lowest BCUT2D eigenvalue weighted by molar-refractivity contribution is 0.133. The molecule has 0 atom stereocenters. The summed E-state index contributed by atoms with van der Waals surface area (Å²) in [7, 11) is 1.75. The van der Waals surface area contributed by atoms with Gasteiger partial charge >= 0.3 is 6.09 Å². The fraction of sp³-hybridized carbons (Fsp3) is 0.421. The van der Waals surface area contributed by atoms with Crippen LogP contribution in [0.2, 0.25) is 0 Å². The molecule has 2 heterocycles. The fourth-order valence-corrected chi connectivity index (χ4v) is 3.06. The topological polar surface area (TPSA) is 67.3 Å². The molecule has 26 heavy (non-hydrogen) atoms. The van der Waals surface area contributed by atoms with Crippen molar-refractivity contribution >= 4 is 6.09 Å². The fourth-order valence-electron chi connectivity index (χ4n) is 3.06. The van der Waals surface area contributed by atoms with Gasteiger partial charge in [0.25, 0.3) is 0 Å². The molecule has 0 bridgehead atoms. The van der Waals surface area contributed by atoms with Crippen molar-refractivity contribution in [3.05, 3.63) is 41.2 Å². The van der Waals surface area contributed by atoms with Crippen molar-refractivity contribution in [2.45, 2.75) is 32.7 Å². The summed E-state index contributed by atoms with van der Waals surface area (Å²) >= 11 is 0. The van der Waals surface area contributed by atoms with Gasteiger partial charge in [-0.25, -0.2) is 9.18 Å². The van der Waals surface area contributed by atoms with Gasteiger partial charge in [0.2, 0.25) is 5.88 Å². The Bertz CT molecular complexity index is 789. The van der Waals surface area contributed by atoms with Crippen molar-refractivity contribution in [2.75, 3.05) is 20.1 Å². The lowest BCUT2D eigenvalue weighted by Gasteiger charge is -2.30. The monoisotopic (exact) mass is 358 g/mol. The van der Waals surface area contributed by atoms with E-state index in [4.69, 9.17) is 4.74 Å². The molecule has 1 amide bonds. The number of nitrogens with zero attached hydrogens (tertiary/aromatic N) is 3. The van der Waals surface area contributed by atoms with Gasteiger partial charge in [-0.3, -0.25) is 0 Å². The Morgan fingerprint density at radius 3 is 2.46 bits per heavy atom. The van der Waals surface area contributed by atoms with E-state index in [2.05, 4.69) is 15.5 Å². The van der Waals surface area contributed by atoms with Crippen LogP contribution >= 0.6 is 0 Å². The largest absolute Gasteiger partial charge is 0.416 e. The van der Waals surface area contributed by atoms with E-state index >= 15 is 0 Å². The van der Waals surface area contributed by atoms with Crippen LogP contribution in [0, 0.1) is 19.7 Å². The first kappa shape index (κ1) is 18.3. The van der Waals surface area contributed by atoms with Gasteiger partial charge in [0, 0.05) is 24.2 Å². The summed E-state index contributed by atoms with van der Waals surface area (Å²) in [4.78, 5) is 14.1. The van der Waals surface area contributed by atoms with Gasteiger partial charge in [0.15, 0.2) is 0 Å². The van der Waals surface area contributed by atoms with E-state index in [0.717, 1.165) is 42.6 Å². The summed E-state index contributed by atoms with van der Waals surface area (Å²) in [5, 5.41) is 11.5. The van der Waals surface area contributed by atoms with Crippen LogP contribution in [0.4, 0.5) is 9.18 Å². The summed E-state index contributed by atoms with van der Waals surface area (Å²) in [5.74, 6) is -0.0956. The van der Waals surface area contributed by atoms with E-state index in [1.807, 2.05) is 13.8 Å². The third kappa shape index (κ3) is 3.83. The van der Waals surface area contributed by atoms with Crippen molar-refractivity contribution in [1.82, 2.24) is 20.4 Å². The van der Waals surface area contributed by atoms with Gasteiger partial charge in [-0.2, -0.15) is 0 Å². The molecule has 1 aliphatic rings. The number of ether oxygens (including phenoxy) is 1. The minimum atomic E-state index is -0.428. The summed E-state index contributed by atoms with van der Waals surface area (Å²) in [6.07, 6.45) is 1.38. The summed E-state index contributed by atoms with van der Waals surface area (Å²) in [6.45, 7) is 5.51. The lowest BCUT2D eigenvalue weighted by atomic mass is 10.0. The molecule has 1 fully saturated rings. The zero-order valence-electron chi connectivity index (χ0n) is 15.3. The smallest absolute Gasteiger partial charge is 0.389 e. The molecule has 1 N–H and O–H groups in total. The number of carbonyl (C=O) groups is 1. The number of halogens is 1.